The minimum Gasteiger partial charge on any atom is -0.492 e. The van der Waals surface area contributed by atoms with Crippen molar-refractivity contribution in [1.29, 1.82) is 0 Å². The van der Waals surface area contributed by atoms with Crippen LogP contribution in [0.5, 0.6) is 17.2 Å². The molecular formula is C29H32N4O5S. The fraction of sp³-hybridized carbons (Fsp3) is 0.241. The molecule has 0 unspecified atom stereocenters. The largest absolute Gasteiger partial charge is 0.492 e. The Morgan fingerprint density at radius 1 is 0.897 bits per heavy atom. The van der Waals surface area contributed by atoms with E-state index in [1.807, 2.05) is 58.0 Å². The predicted molar refractivity (Wildman–Crippen MR) is 156 cm³/mol. The molecular weight excluding hydrogens is 516 g/mol. The molecule has 3 aromatic carbocycles. The molecule has 39 heavy (non-hydrogen) atoms. The quantitative estimate of drug-likeness (QED) is 0.238. The van der Waals surface area contributed by atoms with E-state index in [4.69, 9.17) is 9.47 Å². The van der Waals surface area contributed by atoms with Gasteiger partial charge in [0.15, 0.2) is 5.75 Å². The molecule has 4 rings (SSSR count). The van der Waals surface area contributed by atoms with Gasteiger partial charge in [-0.1, -0.05) is 45.0 Å². The van der Waals surface area contributed by atoms with Gasteiger partial charge in [0.05, 0.1) is 30.4 Å². The zero-order valence-corrected chi connectivity index (χ0v) is 23.6. The van der Waals surface area contributed by atoms with Gasteiger partial charge >= 0.3 is 6.03 Å². The minimum atomic E-state index is -3.59. The van der Waals surface area contributed by atoms with Crippen molar-refractivity contribution in [3.63, 3.8) is 0 Å². The minimum absolute atomic E-state index is 0.199. The number of hydrogen-bond donors (Lipinski definition) is 3. The lowest BCUT2D eigenvalue weighted by Gasteiger charge is -2.24. The lowest BCUT2D eigenvalue weighted by atomic mass is 9.86. The second-order valence-corrected chi connectivity index (χ2v) is 11.9. The number of pyridine rings is 1. The Labute approximate surface area is 228 Å². The molecule has 4 aromatic rings. The third kappa shape index (κ3) is 6.77. The smallest absolute Gasteiger partial charge is 0.323 e. The summed E-state index contributed by atoms with van der Waals surface area (Å²) in [4.78, 5) is 17.4. The molecule has 0 bridgehead atoms. The summed E-state index contributed by atoms with van der Waals surface area (Å²) >= 11 is 0. The van der Waals surface area contributed by atoms with Crippen LogP contribution in [0.1, 0.15) is 32.0 Å². The highest BCUT2D eigenvalue weighted by atomic mass is 32.2. The Balaban J connectivity index is 1.66. The maximum Gasteiger partial charge on any atom is 0.323 e. The summed E-state index contributed by atoms with van der Waals surface area (Å²) in [6.07, 6.45) is 2.75. The fourth-order valence-corrected chi connectivity index (χ4v) is 4.66. The predicted octanol–water partition coefficient (Wildman–Crippen LogP) is 6.66. The third-order valence-corrected chi connectivity index (χ3v) is 6.52. The summed E-state index contributed by atoms with van der Waals surface area (Å²) in [7, 11) is -2.18. The maximum atomic E-state index is 13.2. The molecule has 0 aliphatic carbocycles. The molecule has 0 saturated carbocycles. The van der Waals surface area contributed by atoms with E-state index in [-0.39, 0.29) is 16.9 Å². The molecule has 3 N–H and O–H groups in total. The number of hydrogen-bond acceptors (Lipinski definition) is 6. The van der Waals surface area contributed by atoms with Crippen LogP contribution in [0.25, 0.3) is 10.8 Å². The van der Waals surface area contributed by atoms with Crippen molar-refractivity contribution in [2.24, 2.45) is 0 Å². The number of carbonyl (C=O) groups is 1. The number of anilines is 3. The van der Waals surface area contributed by atoms with Gasteiger partial charge in [0.2, 0.25) is 10.0 Å². The number of fused-ring (bicyclic) bond motifs is 1. The van der Waals surface area contributed by atoms with Gasteiger partial charge in [-0.05, 0) is 48.2 Å². The van der Waals surface area contributed by atoms with E-state index in [1.54, 1.807) is 36.5 Å². The van der Waals surface area contributed by atoms with Gasteiger partial charge in [0.25, 0.3) is 0 Å². The van der Waals surface area contributed by atoms with E-state index < -0.39 is 16.1 Å². The molecule has 0 spiro atoms. The Hall–Kier alpha value is -4.31. The number of aromatic nitrogens is 1. The summed E-state index contributed by atoms with van der Waals surface area (Å²) in [6, 6.07) is 17.7. The van der Waals surface area contributed by atoms with Crippen molar-refractivity contribution in [2.75, 3.05) is 28.7 Å². The van der Waals surface area contributed by atoms with E-state index in [2.05, 4.69) is 20.3 Å². The van der Waals surface area contributed by atoms with E-state index in [9.17, 15) is 13.2 Å². The number of nitrogens with zero attached hydrogens (tertiary/aromatic N) is 1. The molecule has 9 nitrogen and oxygen atoms in total. The number of carbonyl (C=O) groups excluding carboxylic acids is 1. The van der Waals surface area contributed by atoms with Gasteiger partial charge in [0, 0.05) is 28.7 Å². The summed E-state index contributed by atoms with van der Waals surface area (Å²) in [5.74, 6) is 1.50. The number of amides is 2. The van der Waals surface area contributed by atoms with Crippen LogP contribution < -0.4 is 24.8 Å². The van der Waals surface area contributed by atoms with Crippen molar-refractivity contribution < 1.29 is 22.7 Å². The standard InChI is InChI=1S/C29H32N4O5S/c1-18-15-20(13-14-30-18)38-26-12-11-23(21-9-7-8-10-22(21)26)31-28(34)32-24-16-19(29(2,3)4)17-25(27(24)37-5)33-39(6,35)36/h7-17,33H,1-6H3,(H2,31,32,34). The first-order valence-electron chi connectivity index (χ1n) is 12.2. The summed E-state index contributed by atoms with van der Waals surface area (Å²) in [5, 5.41) is 7.33. The number of urea groups is 1. The van der Waals surface area contributed by atoms with Gasteiger partial charge in [-0.25, -0.2) is 13.2 Å². The molecule has 0 radical (unpaired) electrons. The Kier molecular flexibility index (Phi) is 7.69. The second kappa shape index (κ2) is 10.8. The molecule has 0 aliphatic heterocycles. The SMILES string of the molecule is COc1c(NC(=O)Nc2ccc(Oc3ccnc(C)c3)c3ccccc23)cc(C(C)(C)C)cc1NS(C)(=O)=O. The van der Waals surface area contributed by atoms with Crippen LogP contribution in [0, 0.1) is 6.92 Å². The molecule has 10 heteroatoms. The number of nitrogens with one attached hydrogen (secondary N) is 3. The average molecular weight is 549 g/mol. The van der Waals surface area contributed by atoms with Crippen molar-refractivity contribution >= 4 is 43.9 Å². The van der Waals surface area contributed by atoms with E-state index in [0.717, 1.165) is 28.3 Å². The second-order valence-electron chi connectivity index (χ2n) is 10.2. The normalized spacial score (nSPS) is 11.6. The summed E-state index contributed by atoms with van der Waals surface area (Å²) in [6.45, 7) is 7.87. The monoisotopic (exact) mass is 548 g/mol. The number of benzene rings is 3. The molecule has 1 heterocycles. The van der Waals surface area contributed by atoms with Crippen LogP contribution in [-0.4, -0.2) is 32.8 Å². The van der Waals surface area contributed by atoms with Gasteiger partial charge in [-0.15, -0.1) is 0 Å². The van der Waals surface area contributed by atoms with Crippen LogP contribution in [0.3, 0.4) is 0 Å². The van der Waals surface area contributed by atoms with Crippen molar-refractivity contribution in [1.82, 2.24) is 4.98 Å². The van der Waals surface area contributed by atoms with Crippen molar-refractivity contribution in [3.05, 3.63) is 78.1 Å². The first kappa shape index (κ1) is 27.7. The van der Waals surface area contributed by atoms with E-state index in [1.165, 1.54) is 7.11 Å². The number of rotatable bonds is 7. The van der Waals surface area contributed by atoms with Crippen LogP contribution in [0.4, 0.5) is 21.9 Å². The number of ether oxygens (including phenoxy) is 2. The molecule has 0 aliphatic rings. The van der Waals surface area contributed by atoms with Crippen LogP contribution in [0.2, 0.25) is 0 Å². The summed E-state index contributed by atoms with van der Waals surface area (Å²) < 4.78 is 38.1. The highest BCUT2D eigenvalue weighted by Crippen LogP contribution is 2.39. The first-order valence-corrected chi connectivity index (χ1v) is 14.1. The molecule has 204 valence electrons. The average Bonchev–Trinajstić information content (AvgIpc) is 2.84. The Bertz CT molecular complexity index is 1650. The fourth-order valence-electron chi connectivity index (χ4n) is 4.11. The summed E-state index contributed by atoms with van der Waals surface area (Å²) in [5.41, 5.74) is 2.45. The van der Waals surface area contributed by atoms with Crippen LogP contribution in [-0.2, 0) is 15.4 Å². The van der Waals surface area contributed by atoms with Crippen LogP contribution >= 0.6 is 0 Å². The number of methoxy groups -OCH3 is 1. The highest BCUT2D eigenvalue weighted by Gasteiger charge is 2.22. The topological polar surface area (TPSA) is 119 Å². The molecule has 1 aromatic heterocycles. The lowest BCUT2D eigenvalue weighted by molar-refractivity contribution is 0.262. The maximum absolute atomic E-state index is 13.2. The zero-order valence-electron chi connectivity index (χ0n) is 22.7. The van der Waals surface area contributed by atoms with E-state index in [0.29, 0.717) is 22.9 Å². The number of aryl methyl sites for hydroxylation is 1. The lowest BCUT2D eigenvalue weighted by Crippen LogP contribution is -2.22. The third-order valence-electron chi connectivity index (χ3n) is 5.93. The Morgan fingerprint density at radius 3 is 2.21 bits per heavy atom. The van der Waals surface area contributed by atoms with Gasteiger partial charge < -0.3 is 20.1 Å². The zero-order chi connectivity index (χ0) is 28.4. The van der Waals surface area contributed by atoms with Crippen molar-refractivity contribution in [3.8, 4) is 17.2 Å². The van der Waals surface area contributed by atoms with Gasteiger partial charge in [-0.2, -0.15) is 0 Å². The highest BCUT2D eigenvalue weighted by molar-refractivity contribution is 7.92. The van der Waals surface area contributed by atoms with Crippen molar-refractivity contribution in [2.45, 2.75) is 33.1 Å². The Morgan fingerprint density at radius 2 is 1.56 bits per heavy atom. The van der Waals surface area contributed by atoms with E-state index >= 15 is 0 Å². The molecule has 0 atom stereocenters. The number of sulfonamides is 1. The molecule has 2 amide bonds. The first-order chi connectivity index (χ1) is 18.3. The van der Waals surface area contributed by atoms with Gasteiger partial charge in [-0.3, -0.25) is 9.71 Å². The molecule has 0 fully saturated rings. The van der Waals surface area contributed by atoms with Gasteiger partial charge in [0.1, 0.15) is 11.5 Å². The molecule has 0 saturated heterocycles. The van der Waals surface area contributed by atoms with Crippen LogP contribution in [0.15, 0.2) is 66.9 Å².